The number of carbonyl (C=O) groups excluding carboxylic acids is 1. The zero-order chi connectivity index (χ0) is 17.9. The van der Waals surface area contributed by atoms with Gasteiger partial charge >= 0.3 is 5.97 Å². The number of ether oxygens (including phenoxy) is 2. The Hall–Kier alpha value is -3.02. The highest BCUT2D eigenvalue weighted by molar-refractivity contribution is 5.90. The molecule has 0 unspecified atom stereocenters. The molecular formula is C18H19FN2O3. The smallest absolute Gasteiger partial charge is 0.344 e. The Morgan fingerprint density at radius 2 is 2.08 bits per heavy atom. The summed E-state index contributed by atoms with van der Waals surface area (Å²) in [5, 5.41) is 0. The average Bonchev–Trinajstić information content (AvgIpc) is 2.62. The van der Waals surface area contributed by atoms with Crippen LogP contribution in [0.15, 0.2) is 70.4 Å². The molecule has 0 atom stereocenters. The molecule has 0 N–H and O–H groups in total. The molecule has 0 spiro atoms. The first kappa shape index (κ1) is 19.0. The van der Waals surface area contributed by atoms with Crippen molar-refractivity contribution in [2.45, 2.75) is 13.8 Å². The van der Waals surface area contributed by atoms with Crippen molar-refractivity contribution in [3.05, 3.63) is 66.0 Å². The van der Waals surface area contributed by atoms with Crippen molar-refractivity contribution in [2.24, 2.45) is 9.98 Å². The number of halogens is 1. The van der Waals surface area contributed by atoms with Crippen LogP contribution in [0.3, 0.4) is 0 Å². The highest BCUT2D eigenvalue weighted by atomic mass is 19.1. The van der Waals surface area contributed by atoms with Gasteiger partial charge in [0.1, 0.15) is 5.75 Å². The summed E-state index contributed by atoms with van der Waals surface area (Å²) < 4.78 is 23.9. The summed E-state index contributed by atoms with van der Waals surface area (Å²) >= 11 is 0. The lowest BCUT2D eigenvalue weighted by Crippen LogP contribution is -2.04. The van der Waals surface area contributed by atoms with E-state index in [9.17, 15) is 9.18 Å². The maximum Gasteiger partial charge on any atom is 0.344 e. The fourth-order valence-corrected chi connectivity index (χ4v) is 1.50. The van der Waals surface area contributed by atoms with Crippen LogP contribution in [0.5, 0.6) is 5.75 Å². The average molecular weight is 330 g/mol. The van der Waals surface area contributed by atoms with E-state index in [0.29, 0.717) is 11.3 Å². The van der Waals surface area contributed by atoms with E-state index in [0.717, 1.165) is 6.21 Å². The van der Waals surface area contributed by atoms with Crippen LogP contribution in [0.25, 0.3) is 0 Å². The zero-order valence-corrected chi connectivity index (χ0v) is 13.8. The first-order valence-electron chi connectivity index (χ1n) is 7.09. The predicted molar refractivity (Wildman–Crippen MR) is 93.2 cm³/mol. The van der Waals surface area contributed by atoms with Crippen LogP contribution in [-0.4, -0.2) is 25.5 Å². The van der Waals surface area contributed by atoms with Crippen molar-refractivity contribution in [1.82, 2.24) is 0 Å². The molecule has 5 nitrogen and oxygen atoms in total. The van der Waals surface area contributed by atoms with Gasteiger partial charge in [-0.25, -0.2) is 14.2 Å². The highest BCUT2D eigenvalue weighted by Gasteiger charge is 2.10. The highest BCUT2D eigenvalue weighted by Crippen LogP contribution is 2.15. The van der Waals surface area contributed by atoms with Gasteiger partial charge in [-0.3, -0.25) is 4.99 Å². The van der Waals surface area contributed by atoms with Gasteiger partial charge in [0, 0.05) is 6.21 Å². The molecule has 0 amide bonds. The largest absolute Gasteiger partial charge is 0.497 e. The van der Waals surface area contributed by atoms with Crippen LogP contribution in [0, 0.1) is 0 Å². The first-order chi connectivity index (χ1) is 11.5. The van der Waals surface area contributed by atoms with Crippen molar-refractivity contribution in [1.29, 1.82) is 0 Å². The van der Waals surface area contributed by atoms with E-state index in [2.05, 4.69) is 16.6 Å². The van der Waals surface area contributed by atoms with E-state index < -0.39 is 11.8 Å². The number of benzene rings is 1. The van der Waals surface area contributed by atoms with Gasteiger partial charge in [-0.15, -0.1) is 0 Å². The van der Waals surface area contributed by atoms with Crippen molar-refractivity contribution in [2.75, 3.05) is 7.11 Å². The van der Waals surface area contributed by atoms with E-state index in [-0.39, 0.29) is 11.6 Å². The van der Waals surface area contributed by atoms with Crippen LogP contribution < -0.4 is 4.74 Å². The fourth-order valence-electron chi connectivity index (χ4n) is 1.50. The van der Waals surface area contributed by atoms with Crippen LogP contribution in [0.1, 0.15) is 24.2 Å². The topological polar surface area (TPSA) is 60.2 Å². The van der Waals surface area contributed by atoms with Crippen molar-refractivity contribution >= 4 is 18.4 Å². The van der Waals surface area contributed by atoms with Crippen molar-refractivity contribution < 1.29 is 18.7 Å². The molecule has 24 heavy (non-hydrogen) atoms. The normalized spacial score (nSPS) is 13.1. The van der Waals surface area contributed by atoms with E-state index in [4.69, 9.17) is 9.47 Å². The number of aliphatic imine (C=N–C) groups is 2. The van der Waals surface area contributed by atoms with Gasteiger partial charge in [-0.05, 0) is 38.1 Å². The maximum absolute atomic E-state index is 13.8. The number of allylic oxidation sites excluding steroid dienone is 4. The standard InChI is InChI=1S/C18H19FN2O3/c1-5-10-20-13(3)16(19)12-21-17(6-2)24-18(22)14-8-7-9-15(11-14)23-4/h5-12H,1H2,2-4H3/b16-13-,17-6-,20-10?,21-12+. The molecule has 0 aliphatic rings. The molecule has 0 aliphatic heterocycles. The van der Waals surface area contributed by atoms with Gasteiger partial charge in [-0.2, -0.15) is 0 Å². The Kier molecular flexibility index (Phi) is 7.84. The van der Waals surface area contributed by atoms with Crippen LogP contribution in [0.4, 0.5) is 4.39 Å². The summed E-state index contributed by atoms with van der Waals surface area (Å²) in [6.07, 6.45) is 5.18. The molecule has 0 bridgehead atoms. The minimum Gasteiger partial charge on any atom is -0.497 e. The van der Waals surface area contributed by atoms with E-state index in [1.54, 1.807) is 25.1 Å². The lowest BCUT2D eigenvalue weighted by molar-refractivity contribution is 0.0621. The molecule has 1 aromatic rings. The van der Waals surface area contributed by atoms with Gasteiger partial charge < -0.3 is 9.47 Å². The number of esters is 1. The van der Waals surface area contributed by atoms with Gasteiger partial charge in [-0.1, -0.05) is 18.7 Å². The lowest BCUT2D eigenvalue weighted by Gasteiger charge is -2.05. The van der Waals surface area contributed by atoms with Crippen LogP contribution in [0.2, 0.25) is 0 Å². The Balaban J connectivity index is 2.84. The summed E-state index contributed by atoms with van der Waals surface area (Å²) in [4.78, 5) is 19.7. The quantitative estimate of drug-likeness (QED) is 0.427. The number of carbonyl (C=O) groups is 1. The Bertz CT molecular complexity index is 719. The third kappa shape index (κ3) is 6.00. The summed E-state index contributed by atoms with van der Waals surface area (Å²) in [5.41, 5.74) is 0.430. The van der Waals surface area contributed by atoms with E-state index in [1.807, 2.05) is 0 Å². The molecule has 0 aromatic heterocycles. The lowest BCUT2D eigenvalue weighted by atomic mass is 10.2. The molecule has 1 rings (SSSR count). The zero-order valence-electron chi connectivity index (χ0n) is 13.8. The molecule has 0 radical (unpaired) electrons. The van der Waals surface area contributed by atoms with Crippen LogP contribution >= 0.6 is 0 Å². The molecule has 1 aromatic carbocycles. The molecule has 0 saturated heterocycles. The second kappa shape index (κ2) is 9.89. The van der Waals surface area contributed by atoms with Gasteiger partial charge in [0.05, 0.1) is 24.6 Å². The fraction of sp³-hybridized carbons (Fsp3) is 0.167. The van der Waals surface area contributed by atoms with Gasteiger partial charge in [0.2, 0.25) is 5.88 Å². The van der Waals surface area contributed by atoms with Gasteiger partial charge in [0.25, 0.3) is 0 Å². The third-order valence-electron chi connectivity index (χ3n) is 2.77. The Morgan fingerprint density at radius 1 is 1.33 bits per heavy atom. The maximum atomic E-state index is 13.8. The summed E-state index contributed by atoms with van der Waals surface area (Å²) in [7, 11) is 1.50. The molecule has 0 fully saturated rings. The summed E-state index contributed by atoms with van der Waals surface area (Å²) in [6.45, 7) is 6.56. The molecule has 0 aliphatic carbocycles. The summed E-state index contributed by atoms with van der Waals surface area (Å²) in [5.74, 6) is -0.770. The van der Waals surface area contributed by atoms with E-state index >= 15 is 0 Å². The number of hydrogen-bond donors (Lipinski definition) is 0. The minimum atomic E-state index is -0.648. The number of methoxy groups -OCH3 is 1. The van der Waals surface area contributed by atoms with Crippen molar-refractivity contribution in [3.8, 4) is 5.75 Å². The molecular weight excluding hydrogens is 311 g/mol. The molecule has 126 valence electrons. The molecule has 6 heteroatoms. The summed E-state index contributed by atoms with van der Waals surface area (Å²) in [6, 6.07) is 6.49. The van der Waals surface area contributed by atoms with Crippen LogP contribution in [-0.2, 0) is 4.74 Å². The Labute approximate surface area is 140 Å². The SMILES string of the molecule is C=CC=N/C(C)=C(F)/C=N/C(=C/C)OC(=O)c1cccc(OC)c1. The minimum absolute atomic E-state index is 0.0292. The molecule has 0 heterocycles. The monoisotopic (exact) mass is 330 g/mol. The van der Waals surface area contributed by atoms with Gasteiger partial charge in [0.15, 0.2) is 5.83 Å². The first-order valence-corrected chi connectivity index (χ1v) is 7.09. The number of rotatable bonds is 7. The predicted octanol–water partition coefficient (Wildman–Crippen LogP) is 4.24. The van der Waals surface area contributed by atoms with Crippen molar-refractivity contribution in [3.63, 3.8) is 0 Å². The molecule has 0 saturated carbocycles. The second-order valence-electron chi connectivity index (χ2n) is 4.45. The number of nitrogens with zero attached hydrogens (tertiary/aromatic N) is 2. The third-order valence-corrected chi connectivity index (χ3v) is 2.77. The number of hydrogen-bond acceptors (Lipinski definition) is 5. The van der Waals surface area contributed by atoms with E-state index in [1.165, 1.54) is 38.5 Å². The Morgan fingerprint density at radius 3 is 2.71 bits per heavy atom. The second-order valence-corrected chi connectivity index (χ2v) is 4.45.